The quantitative estimate of drug-likeness (QED) is 0.329. The third-order valence-corrected chi connectivity index (χ3v) is 3.89. The summed E-state index contributed by atoms with van der Waals surface area (Å²) in [7, 11) is 0. The highest BCUT2D eigenvalue weighted by molar-refractivity contribution is 5.94. The fraction of sp³-hybridized carbons (Fsp3) is 0.400. The van der Waals surface area contributed by atoms with Gasteiger partial charge in [-0.1, -0.05) is 25.1 Å². The van der Waals surface area contributed by atoms with Gasteiger partial charge in [0.15, 0.2) is 0 Å². The molecule has 26 heavy (non-hydrogen) atoms. The van der Waals surface area contributed by atoms with Gasteiger partial charge >= 0.3 is 11.9 Å². The molecule has 1 N–H and O–H groups in total. The number of rotatable bonds is 13. The molecule has 0 spiro atoms. The fourth-order valence-electron chi connectivity index (χ4n) is 2.23. The number of aromatic carboxylic acids is 1. The van der Waals surface area contributed by atoms with Gasteiger partial charge in [0, 0.05) is 0 Å². The van der Waals surface area contributed by atoms with Crippen molar-refractivity contribution in [2.75, 3.05) is 33.0 Å². The zero-order chi connectivity index (χ0) is 19.4. The van der Waals surface area contributed by atoms with E-state index < -0.39 is 17.4 Å². The molecule has 142 valence electrons. The number of carbonyl (C=O) groups is 2. The smallest absolute Gasteiger partial charge is 0.338 e. The summed E-state index contributed by atoms with van der Waals surface area (Å²) in [6, 6.07) is 5.74. The van der Waals surface area contributed by atoms with E-state index in [1.54, 1.807) is 12.2 Å². The van der Waals surface area contributed by atoms with Crippen LogP contribution in [0.4, 0.5) is 0 Å². The zero-order valence-electron chi connectivity index (χ0n) is 15.1. The largest absolute Gasteiger partial charge is 0.478 e. The summed E-state index contributed by atoms with van der Waals surface area (Å²) in [5.41, 5.74) is -0.287. The molecule has 0 amide bonds. The van der Waals surface area contributed by atoms with Crippen molar-refractivity contribution < 1.29 is 28.9 Å². The Morgan fingerprint density at radius 2 is 1.65 bits per heavy atom. The molecule has 6 nitrogen and oxygen atoms in total. The first-order chi connectivity index (χ1) is 12.5. The van der Waals surface area contributed by atoms with Crippen LogP contribution in [-0.4, -0.2) is 50.1 Å². The second-order valence-corrected chi connectivity index (χ2v) is 5.92. The molecule has 0 saturated heterocycles. The Morgan fingerprint density at radius 3 is 2.15 bits per heavy atom. The van der Waals surface area contributed by atoms with E-state index in [0.29, 0.717) is 32.8 Å². The number of hydrogen-bond acceptors (Lipinski definition) is 5. The van der Waals surface area contributed by atoms with Crippen LogP contribution in [0.25, 0.3) is 0 Å². The monoisotopic (exact) mass is 362 g/mol. The molecule has 0 heterocycles. The van der Waals surface area contributed by atoms with Gasteiger partial charge in [-0.3, -0.25) is 0 Å². The molecule has 1 rings (SSSR count). The Kier molecular flexibility index (Phi) is 9.33. The van der Waals surface area contributed by atoms with Crippen molar-refractivity contribution >= 4 is 11.9 Å². The number of esters is 1. The van der Waals surface area contributed by atoms with Gasteiger partial charge < -0.3 is 19.3 Å². The highest BCUT2D eigenvalue weighted by Gasteiger charge is 2.31. The van der Waals surface area contributed by atoms with E-state index >= 15 is 0 Å². The van der Waals surface area contributed by atoms with Crippen molar-refractivity contribution in [3.63, 3.8) is 0 Å². The molecule has 0 saturated carbocycles. The number of carboxylic acid groups (broad SMARTS) is 1. The van der Waals surface area contributed by atoms with Gasteiger partial charge in [0.1, 0.15) is 6.61 Å². The highest BCUT2D eigenvalue weighted by Crippen LogP contribution is 2.25. The first-order valence-electron chi connectivity index (χ1n) is 8.36. The summed E-state index contributed by atoms with van der Waals surface area (Å²) in [5.74, 6) is -1.68. The maximum atomic E-state index is 12.3. The van der Waals surface area contributed by atoms with Gasteiger partial charge in [-0.15, -0.1) is 13.2 Å². The molecule has 0 radical (unpaired) electrons. The third kappa shape index (κ3) is 6.82. The van der Waals surface area contributed by atoms with Gasteiger partial charge in [-0.25, -0.2) is 9.59 Å². The molecule has 6 heteroatoms. The normalized spacial score (nSPS) is 11.0. The predicted molar refractivity (Wildman–Crippen MR) is 98.4 cm³/mol. The van der Waals surface area contributed by atoms with Crippen LogP contribution in [0.2, 0.25) is 0 Å². The van der Waals surface area contributed by atoms with Crippen LogP contribution >= 0.6 is 0 Å². The van der Waals surface area contributed by atoms with Gasteiger partial charge in [0.05, 0.1) is 43.0 Å². The van der Waals surface area contributed by atoms with E-state index in [2.05, 4.69) is 13.2 Å². The van der Waals surface area contributed by atoms with Crippen molar-refractivity contribution in [2.24, 2.45) is 5.41 Å². The zero-order valence-corrected chi connectivity index (χ0v) is 15.1. The average Bonchev–Trinajstić information content (AvgIpc) is 2.66. The summed E-state index contributed by atoms with van der Waals surface area (Å²) < 4.78 is 16.6. The second-order valence-electron chi connectivity index (χ2n) is 5.92. The Bertz CT molecular complexity index is 608. The number of ether oxygens (including phenoxy) is 3. The summed E-state index contributed by atoms with van der Waals surface area (Å²) >= 11 is 0. The summed E-state index contributed by atoms with van der Waals surface area (Å²) in [4.78, 5) is 23.3. The minimum absolute atomic E-state index is 0.0323. The molecule has 0 aliphatic heterocycles. The van der Waals surface area contributed by atoms with Crippen LogP contribution in [0.5, 0.6) is 0 Å². The van der Waals surface area contributed by atoms with E-state index in [1.165, 1.54) is 24.3 Å². The maximum absolute atomic E-state index is 12.3. The minimum Gasteiger partial charge on any atom is -0.478 e. The van der Waals surface area contributed by atoms with Crippen molar-refractivity contribution in [1.82, 2.24) is 0 Å². The second kappa shape index (κ2) is 11.2. The van der Waals surface area contributed by atoms with E-state index in [0.717, 1.165) is 0 Å². The number of carboxylic acids is 1. The number of hydrogen-bond donors (Lipinski definition) is 1. The lowest BCUT2D eigenvalue weighted by molar-refractivity contribution is -0.0511. The average molecular weight is 362 g/mol. The molecule has 0 aliphatic rings. The number of carbonyl (C=O) groups excluding carboxylic acids is 1. The van der Waals surface area contributed by atoms with Crippen molar-refractivity contribution in [3.8, 4) is 0 Å². The van der Waals surface area contributed by atoms with Crippen LogP contribution in [-0.2, 0) is 14.2 Å². The minimum atomic E-state index is -1.10. The third-order valence-electron chi connectivity index (χ3n) is 3.89. The lowest BCUT2D eigenvalue weighted by Gasteiger charge is -2.31. The molecule has 1 aromatic rings. The Morgan fingerprint density at radius 1 is 1.08 bits per heavy atom. The van der Waals surface area contributed by atoms with Gasteiger partial charge in [-0.2, -0.15) is 0 Å². The van der Waals surface area contributed by atoms with Crippen LogP contribution < -0.4 is 0 Å². The lowest BCUT2D eigenvalue weighted by Crippen LogP contribution is -2.37. The highest BCUT2D eigenvalue weighted by atomic mass is 16.5. The fourth-order valence-corrected chi connectivity index (χ4v) is 2.23. The van der Waals surface area contributed by atoms with Crippen molar-refractivity contribution in [3.05, 3.63) is 60.7 Å². The maximum Gasteiger partial charge on any atom is 0.338 e. The van der Waals surface area contributed by atoms with Crippen LogP contribution in [0, 0.1) is 5.41 Å². The standard InChI is InChI=1S/C20H26O6/c1-4-10-24-13-20(6-3,14-25-11-5-2)15-26-19(23)17-9-7-8-16(12-17)18(21)22/h4-5,7-9,12H,1-2,6,10-11,13-15H2,3H3,(H,21,22). The SMILES string of the molecule is C=CCOCC(CC)(COCC=C)COC(=O)c1cccc(C(=O)O)c1. The molecule has 0 fully saturated rings. The molecule has 1 aromatic carbocycles. The lowest BCUT2D eigenvalue weighted by atomic mass is 9.88. The van der Waals surface area contributed by atoms with Crippen LogP contribution in [0.1, 0.15) is 34.1 Å². The molecule has 0 atom stereocenters. The van der Waals surface area contributed by atoms with Crippen LogP contribution in [0.15, 0.2) is 49.6 Å². The molecule has 0 unspecified atom stereocenters. The number of benzene rings is 1. The van der Waals surface area contributed by atoms with E-state index in [-0.39, 0.29) is 17.7 Å². The van der Waals surface area contributed by atoms with E-state index in [9.17, 15) is 9.59 Å². The van der Waals surface area contributed by atoms with Gasteiger partial charge in [0.2, 0.25) is 0 Å². The van der Waals surface area contributed by atoms with Crippen molar-refractivity contribution in [2.45, 2.75) is 13.3 Å². The van der Waals surface area contributed by atoms with Gasteiger partial charge in [-0.05, 0) is 24.6 Å². The van der Waals surface area contributed by atoms with Gasteiger partial charge in [0.25, 0.3) is 0 Å². The first-order valence-corrected chi connectivity index (χ1v) is 8.36. The molecular formula is C20H26O6. The van der Waals surface area contributed by atoms with Crippen LogP contribution in [0.3, 0.4) is 0 Å². The molecular weight excluding hydrogens is 336 g/mol. The van der Waals surface area contributed by atoms with E-state index in [1.807, 2.05) is 6.92 Å². The Labute approximate surface area is 154 Å². The summed E-state index contributed by atoms with van der Waals surface area (Å²) in [6.07, 6.45) is 3.96. The summed E-state index contributed by atoms with van der Waals surface area (Å²) in [5, 5.41) is 9.03. The Hall–Kier alpha value is -2.44. The van der Waals surface area contributed by atoms with Crippen molar-refractivity contribution in [1.29, 1.82) is 0 Å². The predicted octanol–water partition coefficient (Wildman–Crippen LogP) is 3.34. The molecule has 0 aliphatic carbocycles. The topological polar surface area (TPSA) is 82.1 Å². The first kappa shape index (κ1) is 21.6. The summed E-state index contributed by atoms with van der Waals surface area (Å²) in [6.45, 7) is 10.7. The van der Waals surface area contributed by atoms with E-state index in [4.69, 9.17) is 19.3 Å². The molecule has 0 aromatic heterocycles. The molecule has 0 bridgehead atoms. The Balaban J connectivity index is 2.80.